The molecule has 0 amide bonds. The van der Waals surface area contributed by atoms with Crippen molar-refractivity contribution in [1.82, 2.24) is 14.9 Å². The molecule has 1 aliphatic rings. The molecule has 35 heavy (non-hydrogen) atoms. The predicted molar refractivity (Wildman–Crippen MR) is 133 cm³/mol. The van der Waals surface area contributed by atoms with E-state index in [-0.39, 0.29) is 41.0 Å². The summed E-state index contributed by atoms with van der Waals surface area (Å²) >= 11 is 12.3. The normalized spacial score (nSPS) is 14.6. The van der Waals surface area contributed by atoms with Crippen molar-refractivity contribution >= 4 is 35.0 Å². The average molecular weight is 529 g/mol. The Morgan fingerprint density at radius 3 is 2.29 bits per heavy atom. The van der Waals surface area contributed by atoms with Crippen LogP contribution >= 0.6 is 23.2 Å². The molecule has 0 radical (unpaired) electrons. The minimum atomic E-state index is -0.471. The van der Waals surface area contributed by atoms with Crippen LogP contribution in [0.4, 0.5) is 10.2 Å². The van der Waals surface area contributed by atoms with Crippen molar-refractivity contribution in [2.24, 2.45) is 0 Å². The lowest BCUT2D eigenvalue weighted by molar-refractivity contribution is -0.142. The van der Waals surface area contributed by atoms with Crippen molar-refractivity contribution in [3.63, 3.8) is 0 Å². The fourth-order valence-electron chi connectivity index (χ4n) is 3.99. The van der Waals surface area contributed by atoms with Crippen molar-refractivity contribution in [1.29, 1.82) is 0 Å². The Balaban J connectivity index is 1.65. The van der Waals surface area contributed by atoms with E-state index in [2.05, 4.69) is 20.2 Å². The minimum Gasteiger partial charge on any atom is -0.491 e. The molecule has 11 heteroatoms. The van der Waals surface area contributed by atoms with Gasteiger partial charge in [0.15, 0.2) is 11.5 Å². The van der Waals surface area contributed by atoms with Gasteiger partial charge in [-0.05, 0) is 62.9 Å². The lowest BCUT2D eigenvalue weighted by Gasteiger charge is -2.33. The molecule has 0 atom stereocenters. The summed E-state index contributed by atoms with van der Waals surface area (Å²) in [6, 6.07) is 3.58. The van der Waals surface area contributed by atoms with Crippen LogP contribution in [0.15, 0.2) is 12.1 Å². The van der Waals surface area contributed by atoms with Crippen LogP contribution in [0, 0.1) is 5.82 Å². The Kier molecular flexibility index (Phi) is 10.2. The molecule has 1 fully saturated rings. The fourth-order valence-corrected chi connectivity index (χ4v) is 4.44. The van der Waals surface area contributed by atoms with Crippen molar-refractivity contribution in [2.45, 2.75) is 52.6 Å². The molecular weight excluding hydrogens is 498 g/mol. The van der Waals surface area contributed by atoms with E-state index in [0.717, 1.165) is 31.5 Å². The smallest absolute Gasteiger partial charge is 0.310 e. The zero-order chi connectivity index (χ0) is 25.4. The number of aromatic nitrogens is 2. The van der Waals surface area contributed by atoms with Gasteiger partial charge in [0.05, 0.1) is 26.2 Å². The maximum Gasteiger partial charge on any atom is 0.310 e. The van der Waals surface area contributed by atoms with Gasteiger partial charge in [-0.25, -0.2) is 9.97 Å². The average Bonchev–Trinajstić information content (AvgIpc) is 2.81. The summed E-state index contributed by atoms with van der Waals surface area (Å²) < 4.78 is 30.5. The maximum atomic E-state index is 14.5. The molecule has 3 rings (SSSR count). The van der Waals surface area contributed by atoms with Crippen LogP contribution in [0.1, 0.15) is 44.7 Å². The number of likely N-dealkylation sites (tertiary alicyclic amines) is 1. The summed E-state index contributed by atoms with van der Waals surface area (Å²) in [6.07, 6.45) is 1.62. The van der Waals surface area contributed by atoms with Crippen molar-refractivity contribution < 1.29 is 23.4 Å². The summed E-state index contributed by atoms with van der Waals surface area (Å²) in [4.78, 5) is 22.5. The first-order valence-corrected chi connectivity index (χ1v) is 12.5. The summed E-state index contributed by atoms with van der Waals surface area (Å²) in [5.74, 6) is -0.0208. The number of nitrogens with zero attached hydrogens (tertiary/aromatic N) is 3. The summed E-state index contributed by atoms with van der Waals surface area (Å²) in [5.41, 5.74) is 1.39. The molecule has 1 aromatic carbocycles. The standard InChI is InChI=1S/C24H31Cl2FN4O4/c1-4-33-18-11-15(12-19(21(18)27)34-5-2)14-31-9-7-16(8-10-31)28-23-17(13-20(32)35-6-3)22(25)29-24(26)30-23/h11-12,16H,4-10,13-14H2,1-3H3,(H,28,29,30). The van der Waals surface area contributed by atoms with Crippen molar-refractivity contribution in [2.75, 3.05) is 38.2 Å². The third-order valence-electron chi connectivity index (χ3n) is 5.56. The van der Waals surface area contributed by atoms with E-state index >= 15 is 0 Å². The van der Waals surface area contributed by atoms with Gasteiger partial charge in [0.25, 0.3) is 0 Å². The number of carbonyl (C=O) groups excluding carboxylic acids is 1. The molecular formula is C24H31Cl2FN4O4. The number of hydrogen-bond acceptors (Lipinski definition) is 8. The van der Waals surface area contributed by atoms with Gasteiger partial charge in [-0.3, -0.25) is 9.69 Å². The van der Waals surface area contributed by atoms with Crippen LogP contribution in [-0.4, -0.2) is 59.8 Å². The minimum absolute atomic E-state index is 0.00839. The van der Waals surface area contributed by atoms with Gasteiger partial charge in [-0.2, -0.15) is 4.39 Å². The molecule has 1 N–H and O–H groups in total. The first kappa shape index (κ1) is 27.2. The number of hydrogen-bond donors (Lipinski definition) is 1. The molecule has 1 aliphatic heterocycles. The van der Waals surface area contributed by atoms with E-state index in [9.17, 15) is 9.18 Å². The molecule has 0 aliphatic carbocycles. The highest BCUT2D eigenvalue weighted by Gasteiger charge is 2.24. The number of ether oxygens (including phenoxy) is 3. The Morgan fingerprint density at radius 2 is 1.71 bits per heavy atom. The number of halogens is 3. The highest BCUT2D eigenvalue weighted by Crippen LogP contribution is 2.31. The Labute approximate surface area is 215 Å². The van der Waals surface area contributed by atoms with E-state index in [0.29, 0.717) is 31.1 Å². The van der Waals surface area contributed by atoms with Gasteiger partial charge in [-0.1, -0.05) is 11.6 Å². The molecule has 1 aromatic heterocycles. The Morgan fingerprint density at radius 1 is 1.09 bits per heavy atom. The number of piperidine rings is 1. The first-order chi connectivity index (χ1) is 16.8. The molecule has 192 valence electrons. The predicted octanol–water partition coefficient (Wildman–Crippen LogP) is 4.90. The van der Waals surface area contributed by atoms with Gasteiger partial charge in [0.2, 0.25) is 11.1 Å². The van der Waals surface area contributed by atoms with E-state index in [1.165, 1.54) is 0 Å². The monoisotopic (exact) mass is 528 g/mol. The van der Waals surface area contributed by atoms with Crippen LogP contribution in [0.2, 0.25) is 10.4 Å². The van der Waals surface area contributed by atoms with E-state index < -0.39 is 11.8 Å². The SMILES string of the molecule is CCOC(=O)Cc1c(Cl)nc(Cl)nc1NC1CCN(Cc2cc(OCC)c(F)c(OCC)c2)CC1. The third-order valence-corrected chi connectivity index (χ3v) is 6.04. The Hall–Kier alpha value is -2.36. The number of anilines is 1. The van der Waals surface area contributed by atoms with E-state index in [4.69, 9.17) is 37.4 Å². The molecule has 2 aromatic rings. The second kappa shape index (κ2) is 13.1. The molecule has 0 spiro atoms. The van der Waals surface area contributed by atoms with Crippen LogP contribution in [-0.2, 0) is 22.5 Å². The molecule has 0 bridgehead atoms. The fraction of sp³-hybridized carbons (Fsp3) is 0.542. The zero-order valence-corrected chi connectivity index (χ0v) is 21.7. The quantitative estimate of drug-likeness (QED) is 0.250. The highest BCUT2D eigenvalue weighted by atomic mass is 35.5. The molecule has 1 saturated heterocycles. The molecule has 0 saturated carbocycles. The number of carbonyl (C=O) groups is 1. The summed E-state index contributed by atoms with van der Waals surface area (Å²) in [7, 11) is 0. The van der Waals surface area contributed by atoms with Crippen LogP contribution < -0.4 is 14.8 Å². The summed E-state index contributed by atoms with van der Waals surface area (Å²) in [6.45, 7) is 8.67. The molecule has 8 nitrogen and oxygen atoms in total. The van der Waals surface area contributed by atoms with Gasteiger partial charge in [0, 0.05) is 31.2 Å². The lowest BCUT2D eigenvalue weighted by atomic mass is 10.0. The van der Waals surface area contributed by atoms with Gasteiger partial charge in [-0.15, -0.1) is 0 Å². The molecule has 0 unspecified atom stereocenters. The Bertz CT molecular complexity index is 992. The largest absolute Gasteiger partial charge is 0.491 e. The van der Waals surface area contributed by atoms with Gasteiger partial charge in [0.1, 0.15) is 11.0 Å². The zero-order valence-electron chi connectivity index (χ0n) is 20.2. The van der Waals surface area contributed by atoms with Crippen molar-refractivity contribution in [3.05, 3.63) is 39.5 Å². The number of nitrogens with one attached hydrogen (secondary N) is 1. The third kappa shape index (κ3) is 7.56. The van der Waals surface area contributed by atoms with E-state index in [1.807, 2.05) is 13.8 Å². The highest BCUT2D eigenvalue weighted by molar-refractivity contribution is 6.32. The van der Waals surface area contributed by atoms with Crippen molar-refractivity contribution in [3.8, 4) is 11.5 Å². The van der Waals surface area contributed by atoms with Crippen LogP contribution in [0.3, 0.4) is 0 Å². The second-order valence-corrected chi connectivity index (χ2v) is 8.76. The van der Waals surface area contributed by atoms with Crippen LogP contribution in [0.5, 0.6) is 11.5 Å². The van der Waals surface area contributed by atoms with Gasteiger partial charge < -0.3 is 19.5 Å². The maximum absolute atomic E-state index is 14.5. The number of rotatable bonds is 11. The van der Waals surface area contributed by atoms with E-state index in [1.54, 1.807) is 19.1 Å². The number of benzene rings is 1. The number of esters is 1. The second-order valence-electron chi connectivity index (χ2n) is 8.06. The van der Waals surface area contributed by atoms with Crippen LogP contribution in [0.25, 0.3) is 0 Å². The first-order valence-electron chi connectivity index (χ1n) is 11.8. The summed E-state index contributed by atoms with van der Waals surface area (Å²) in [5, 5.41) is 3.52. The lowest BCUT2D eigenvalue weighted by Crippen LogP contribution is -2.39. The topological polar surface area (TPSA) is 85.8 Å². The van der Waals surface area contributed by atoms with Gasteiger partial charge >= 0.3 is 5.97 Å². The molecule has 2 heterocycles.